The van der Waals surface area contributed by atoms with Gasteiger partial charge in [0.05, 0.1) is 0 Å². The zero-order chi connectivity index (χ0) is 7.66. The Morgan fingerprint density at radius 1 is 1.30 bits per heavy atom. The van der Waals surface area contributed by atoms with E-state index in [1.807, 2.05) is 17.8 Å². The molecule has 0 heterocycles. The van der Waals surface area contributed by atoms with Crippen LogP contribution in [0, 0.1) is 0 Å². The third kappa shape index (κ3) is 8.05. The molecule has 0 fully saturated rings. The van der Waals surface area contributed by atoms with Crippen LogP contribution < -0.4 is 5.73 Å². The molecule has 0 aromatic rings. The van der Waals surface area contributed by atoms with Gasteiger partial charge >= 0.3 is 0 Å². The number of nitrogens with two attached hydrogens (primary N) is 1. The molecule has 2 heteroatoms. The normalized spacial score (nSPS) is 9.70. The first-order chi connectivity index (χ1) is 4.91. The Balaban J connectivity index is 2.70. The summed E-state index contributed by atoms with van der Waals surface area (Å²) in [6.07, 6.45) is 5.71. The van der Waals surface area contributed by atoms with Crippen molar-refractivity contribution in [3.63, 3.8) is 0 Å². The van der Waals surface area contributed by atoms with Crippen molar-refractivity contribution in [1.82, 2.24) is 0 Å². The van der Waals surface area contributed by atoms with Crippen LogP contribution in [0.4, 0.5) is 0 Å². The molecule has 10 heavy (non-hydrogen) atoms. The van der Waals surface area contributed by atoms with E-state index in [-0.39, 0.29) is 0 Å². The maximum atomic E-state index is 5.35. The van der Waals surface area contributed by atoms with E-state index >= 15 is 0 Å². The molecule has 0 aromatic heterocycles. The van der Waals surface area contributed by atoms with Gasteiger partial charge in [0.25, 0.3) is 0 Å². The molecule has 0 radical (unpaired) electrons. The molecule has 60 valence electrons. The Morgan fingerprint density at radius 3 is 2.70 bits per heavy atom. The van der Waals surface area contributed by atoms with Crippen LogP contribution in [0.3, 0.4) is 0 Å². The van der Waals surface area contributed by atoms with Gasteiger partial charge in [-0.15, -0.1) is 6.58 Å². The van der Waals surface area contributed by atoms with Crippen LogP contribution in [0.2, 0.25) is 0 Å². The Morgan fingerprint density at radius 2 is 2.10 bits per heavy atom. The zero-order valence-electron chi connectivity index (χ0n) is 6.51. The highest BCUT2D eigenvalue weighted by molar-refractivity contribution is 7.99. The lowest BCUT2D eigenvalue weighted by Gasteiger charge is -1.96. The lowest BCUT2D eigenvalue weighted by Crippen LogP contribution is -1.97. The van der Waals surface area contributed by atoms with Crippen molar-refractivity contribution in [2.24, 2.45) is 5.73 Å². The molecule has 0 saturated carbocycles. The number of hydrogen-bond donors (Lipinski definition) is 1. The van der Waals surface area contributed by atoms with Crippen molar-refractivity contribution in [2.45, 2.75) is 19.3 Å². The Bertz CT molecular complexity index is 73.7. The second kappa shape index (κ2) is 9.05. The van der Waals surface area contributed by atoms with Gasteiger partial charge in [0.2, 0.25) is 0 Å². The van der Waals surface area contributed by atoms with Crippen molar-refractivity contribution in [3.8, 4) is 0 Å². The quantitative estimate of drug-likeness (QED) is 0.454. The summed E-state index contributed by atoms with van der Waals surface area (Å²) in [5.41, 5.74) is 5.35. The number of thioether (sulfide) groups is 1. The Hall–Kier alpha value is 0.0500. The molecular formula is C8H17NS. The van der Waals surface area contributed by atoms with Gasteiger partial charge in [0.15, 0.2) is 0 Å². The molecule has 0 rings (SSSR count). The van der Waals surface area contributed by atoms with Gasteiger partial charge in [-0.1, -0.05) is 12.5 Å². The van der Waals surface area contributed by atoms with Gasteiger partial charge < -0.3 is 5.73 Å². The highest BCUT2D eigenvalue weighted by atomic mass is 32.2. The van der Waals surface area contributed by atoms with E-state index in [0.717, 1.165) is 12.3 Å². The van der Waals surface area contributed by atoms with E-state index in [1.54, 1.807) is 0 Å². The molecule has 0 amide bonds. The van der Waals surface area contributed by atoms with Crippen LogP contribution in [-0.2, 0) is 0 Å². The molecule has 0 saturated heterocycles. The van der Waals surface area contributed by atoms with Crippen LogP contribution in [0.5, 0.6) is 0 Å². The van der Waals surface area contributed by atoms with Crippen LogP contribution >= 0.6 is 11.8 Å². The zero-order valence-corrected chi connectivity index (χ0v) is 7.33. The molecule has 2 N–H and O–H groups in total. The average Bonchev–Trinajstić information content (AvgIpc) is 1.97. The molecule has 0 bridgehead atoms. The summed E-state index contributed by atoms with van der Waals surface area (Å²) in [5.74, 6) is 2.34. The average molecular weight is 159 g/mol. The molecular weight excluding hydrogens is 142 g/mol. The maximum Gasteiger partial charge on any atom is 0.0110 e. The highest BCUT2D eigenvalue weighted by Crippen LogP contribution is 2.05. The van der Waals surface area contributed by atoms with Crippen molar-refractivity contribution in [3.05, 3.63) is 12.7 Å². The number of unbranched alkanes of at least 4 members (excludes halogenated alkanes) is 2. The van der Waals surface area contributed by atoms with Crippen LogP contribution in [0.15, 0.2) is 12.7 Å². The molecule has 0 aliphatic heterocycles. The van der Waals surface area contributed by atoms with E-state index in [0.29, 0.717) is 0 Å². The minimum atomic E-state index is 0.839. The van der Waals surface area contributed by atoms with Gasteiger partial charge in [-0.05, 0) is 25.1 Å². The molecule has 0 aliphatic carbocycles. The first-order valence-electron chi connectivity index (χ1n) is 3.80. The first kappa shape index (κ1) is 10.0. The summed E-state index contributed by atoms with van der Waals surface area (Å²) in [5, 5.41) is 0. The van der Waals surface area contributed by atoms with Gasteiger partial charge in [-0.25, -0.2) is 0 Å². The lowest BCUT2D eigenvalue weighted by molar-refractivity contribution is 0.732. The van der Waals surface area contributed by atoms with Crippen molar-refractivity contribution >= 4 is 11.8 Å². The van der Waals surface area contributed by atoms with Gasteiger partial charge in [0.1, 0.15) is 0 Å². The van der Waals surface area contributed by atoms with E-state index < -0.39 is 0 Å². The topological polar surface area (TPSA) is 26.0 Å². The van der Waals surface area contributed by atoms with Crippen LogP contribution in [0.25, 0.3) is 0 Å². The second-order valence-corrected chi connectivity index (χ2v) is 3.36. The van der Waals surface area contributed by atoms with Gasteiger partial charge in [0, 0.05) is 5.75 Å². The Labute approximate surface area is 68.1 Å². The monoisotopic (exact) mass is 159 g/mol. The van der Waals surface area contributed by atoms with Crippen molar-refractivity contribution < 1.29 is 0 Å². The van der Waals surface area contributed by atoms with Crippen LogP contribution in [-0.4, -0.2) is 18.1 Å². The first-order valence-corrected chi connectivity index (χ1v) is 4.96. The SMILES string of the molecule is C=CCSCCCCCN. The smallest absolute Gasteiger partial charge is 0.0110 e. The Kier molecular flexibility index (Phi) is 9.10. The number of hydrogen-bond acceptors (Lipinski definition) is 2. The summed E-state index contributed by atoms with van der Waals surface area (Å²) in [6.45, 7) is 4.49. The second-order valence-electron chi connectivity index (χ2n) is 2.21. The van der Waals surface area contributed by atoms with E-state index in [4.69, 9.17) is 5.73 Å². The van der Waals surface area contributed by atoms with E-state index in [9.17, 15) is 0 Å². The fourth-order valence-electron chi connectivity index (χ4n) is 0.692. The largest absolute Gasteiger partial charge is 0.330 e. The molecule has 1 nitrogen and oxygen atoms in total. The molecule has 0 aliphatic rings. The predicted octanol–water partition coefficient (Wildman–Crippen LogP) is 2.03. The van der Waals surface area contributed by atoms with Crippen molar-refractivity contribution in [2.75, 3.05) is 18.1 Å². The van der Waals surface area contributed by atoms with Crippen molar-refractivity contribution in [1.29, 1.82) is 0 Å². The summed E-state index contributed by atoms with van der Waals surface area (Å²) in [7, 11) is 0. The lowest BCUT2D eigenvalue weighted by atomic mass is 10.2. The minimum Gasteiger partial charge on any atom is -0.330 e. The van der Waals surface area contributed by atoms with Gasteiger partial charge in [-0.2, -0.15) is 11.8 Å². The third-order valence-electron chi connectivity index (χ3n) is 1.23. The summed E-state index contributed by atoms with van der Waals surface area (Å²) in [6, 6.07) is 0. The van der Waals surface area contributed by atoms with Gasteiger partial charge in [-0.3, -0.25) is 0 Å². The highest BCUT2D eigenvalue weighted by Gasteiger charge is 1.86. The molecule has 0 aromatic carbocycles. The van der Waals surface area contributed by atoms with E-state index in [2.05, 4.69) is 6.58 Å². The maximum absolute atomic E-state index is 5.35. The molecule has 0 atom stereocenters. The fraction of sp³-hybridized carbons (Fsp3) is 0.750. The molecule has 0 spiro atoms. The predicted molar refractivity (Wildman–Crippen MR) is 50.4 cm³/mol. The fourth-order valence-corrected chi connectivity index (χ4v) is 1.43. The minimum absolute atomic E-state index is 0.839. The summed E-state index contributed by atoms with van der Waals surface area (Å²) in [4.78, 5) is 0. The molecule has 0 unspecified atom stereocenters. The number of rotatable bonds is 7. The summed E-state index contributed by atoms with van der Waals surface area (Å²) < 4.78 is 0. The van der Waals surface area contributed by atoms with Crippen LogP contribution in [0.1, 0.15) is 19.3 Å². The van der Waals surface area contributed by atoms with E-state index in [1.165, 1.54) is 25.0 Å². The summed E-state index contributed by atoms with van der Waals surface area (Å²) >= 11 is 1.94. The third-order valence-corrected chi connectivity index (χ3v) is 2.28. The standard InChI is InChI=1S/C8H17NS/c1-2-7-10-8-5-3-4-6-9/h2H,1,3-9H2.